The molecule has 5 heteroatoms. The van der Waals surface area contributed by atoms with Gasteiger partial charge < -0.3 is 9.67 Å². The van der Waals surface area contributed by atoms with Crippen molar-refractivity contribution in [2.75, 3.05) is 0 Å². The molecule has 2 rings (SSSR count). The maximum absolute atomic E-state index is 12.6. The van der Waals surface area contributed by atoms with E-state index in [2.05, 4.69) is 0 Å². The number of aromatic nitrogens is 1. The smallest absolute Gasteiger partial charge is 0.392 e. The van der Waals surface area contributed by atoms with Crippen LogP contribution in [0.3, 0.4) is 0 Å². The molecule has 0 aliphatic heterocycles. The van der Waals surface area contributed by atoms with Crippen LogP contribution in [0.2, 0.25) is 0 Å². The molecule has 1 aromatic heterocycles. The van der Waals surface area contributed by atoms with E-state index in [9.17, 15) is 18.3 Å². The third kappa shape index (κ3) is 2.10. The Bertz CT molecular complexity index is 569. The Morgan fingerprint density at radius 1 is 1.28 bits per heavy atom. The average Bonchev–Trinajstić information content (AvgIpc) is 2.65. The normalized spacial score (nSPS) is 12.6. The fraction of sp³-hybridized carbons (Fsp3) is 0.385. The van der Waals surface area contributed by atoms with Crippen molar-refractivity contribution in [1.29, 1.82) is 0 Å². The Kier molecular flexibility index (Phi) is 3.11. The van der Waals surface area contributed by atoms with Gasteiger partial charge in [-0.2, -0.15) is 13.2 Å². The molecule has 18 heavy (non-hydrogen) atoms. The van der Waals surface area contributed by atoms with Gasteiger partial charge in [-0.25, -0.2) is 0 Å². The number of benzene rings is 1. The van der Waals surface area contributed by atoms with Crippen molar-refractivity contribution in [2.24, 2.45) is 0 Å². The number of rotatable bonds is 2. The molecule has 0 aliphatic carbocycles. The predicted octanol–water partition coefficient (Wildman–Crippen LogP) is 3.73. The van der Waals surface area contributed by atoms with Gasteiger partial charge in [0.05, 0.1) is 12.2 Å². The summed E-state index contributed by atoms with van der Waals surface area (Å²) in [6, 6.07) is 3.75. The average molecular weight is 257 g/mol. The van der Waals surface area contributed by atoms with E-state index in [0.717, 1.165) is 12.1 Å². The lowest BCUT2D eigenvalue weighted by Gasteiger charge is -2.10. The van der Waals surface area contributed by atoms with Gasteiger partial charge in [-0.1, -0.05) is 0 Å². The molecule has 2 aromatic rings. The zero-order valence-corrected chi connectivity index (χ0v) is 10.1. The second-order valence-corrected chi connectivity index (χ2v) is 4.54. The van der Waals surface area contributed by atoms with E-state index in [0.29, 0.717) is 16.5 Å². The van der Waals surface area contributed by atoms with Gasteiger partial charge in [0.15, 0.2) is 0 Å². The minimum absolute atomic E-state index is 0.129. The highest BCUT2D eigenvalue weighted by Gasteiger charge is 2.31. The molecular formula is C13H14F3NO. The molecule has 2 nitrogen and oxygen atoms in total. The highest BCUT2D eigenvalue weighted by atomic mass is 19.4. The summed E-state index contributed by atoms with van der Waals surface area (Å²) in [4.78, 5) is 0. The summed E-state index contributed by atoms with van der Waals surface area (Å²) in [5.74, 6) is 0. The zero-order chi connectivity index (χ0) is 13.5. The topological polar surface area (TPSA) is 25.2 Å². The van der Waals surface area contributed by atoms with Crippen LogP contribution >= 0.6 is 0 Å². The molecule has 0 amide bonds. The molecule has 1 aromatic carbocycles. The largest absolute Gasteiger partial charge is 0.416 e. The monoisotopic (exact) mass is 257 g/mol. The predicted molar refractivity (Wildman–Crippen MR) is 63.2 cm³/mol. The van der Waals surface area contributed by atoms with E-state index in [1.807, 2.05) is 18.4 Å². The van der Waals surface area contributed by atoms with Crippen molar-refractivity contribution in [2.45, 2.75) is 32.7 Å². The number of halogens is 3. The number of hydrogen-bond acceptors (Lipinski definition) is 1. The fourth-order valence-electron chi connectivity index (χ4n) is 2.05. The van der Waals surface area contributed by atoms with E-state index in [-0.39, 0.29) is 12.6 Å². The van der Waals surface area contributed by atoms with Gasteiger partial charge in [0.25, 0.3) is 0 Å². The second-order valence-electron chi connectivity index (χ2n) is 4.54. The third-order valence-electron chi connectivity index (χ3n) is 2.97. The van der Waals surface area contributed by atoms with Crippen molar-refractivity contribution >= 4 is 10.9 Å². The third-order valence-corrected chi connectivity index (χ3v) is 2.97. The van der Waals surface area contributed by atoms with Crippen LogP contribution in [0.5, 0.6) is 0 Å². The lowest BCUT2D eigenvalue weighted by atomic mass is 10.1. The quantitative estimate of drug-likeness (QED) is 0.871. The van der Waals surface area contributed by atoms with E-state index in [4.69, 9.17) is 0 Å². The van der Waals surface area contributed by atoms with Crippen molar-refractivity contribution in [3.8, 4) is 0 Å². The molecule has 1 heterocycles. The van der Waals surface area contributed by atoms with E-state index < -0.39 is 11.7 Å². The van der Waals surface area contributed by atoms with E-state index in [1.165, 1.54) is 6.07 Å². The number of fused-ring (bicyclic) bond motifs is 1. The van der Waals surface area contributed by atoms with E-state index >= 15 is 0 Å². The molecule has 0 saturated carbocycles. The molecule has 0 aliphatic rings. The zero-order valence-electron chi connectivity index (χ0n) is 10.1. The first-order valence-electron chi connectivity index (χ1n) is 5.66. The first-order chi connectivity index (χ1) is 8.34. The summed E-state index contributed by atoms with van der Waals surface area (Å²) in [6.45, 7) is 3.62. The first-order valence-corrected chi connectivity index (χ1v) is 5.66. The highest BCUT2D eigenvalue weighted by molar-refractivity contribution is 5.85. The molecule has 1 N–H and O–H groups in total. The Morgan fingerprint density at radius 3 is 2.44 bits per heavy atom. The lowest BCUT2D eigenvalue weighted by Crippen LogP contribution is -2.04. The van der Waals surface area contributed by atoms with Gasteiger partial charge in [0, 0.05) is 28.7 Å². The summed E-state index contributed by atoms with van der Waals surface area (Å²) in [5, 5.41) is 9.69. The highest BCUT2D eigenvalue weighted by Crippen LogP contribution is 2.33. The summed E-state index contributed by atoms with van der Waals surface area (Å²) >= 11 is 0. The standard InChI is InChI=1S/C13H14F3NO/c1-8(2)17-6-9(7-18)11-5-10(13(14,15)16)3-4-12(11)17/h3-6,8,18H,7H2,1-2H3. The maximum Gasteiger partial charge on any atom is 0.416 e. The molecular weight excluding hydrogens is 243 g/mol. The number of aliphatic hydroxyl groups is 1. The van der Waals surface area contributed by atoms with Gasteiger partial charge in [-0.3, -0.25) is 0 Å². The summed E-state index contributed by atoms with van der Waals surface area (Å²) in [6.07, 6.45) is -2.66. The van der Waals surface area contributed by atoms with E-state index in [1.54, 1.807) is 6.20 Å². The molecule has 0 atom stereocenters. The van der Waals surface area contributed by atoms with Crippen LogP contribution in [-0.2, 0) is 12.8 Å². The Balaban J connectivity index is 2.69. The SMILES string of the molecule is CC(C)n1cc(CO)c2cc(C(F)(F)F)ccc21. The van der Waals surface area contributed by atoms with Gasteiger partial charge in [-0.05, 0) is 32.0 Å². The number of alkyl halides is 3. The van der Waals surface area contributed by atoms with Gasteiger partial charge >= 0.3 is 6.18 Å². The van der Waals surface area contributed by atoms with Crippen LogP contribution in [0.4, 0.5) is 13.2 Å². The van der Waals surface area contributed by atoms with Crippen molar-refractivity contribution in [3.05, 3.63) is 35.5 Å². The molecule has 0 unspecified atom stereocenters. The second kappa shape index (κ2) is 4.31. The van der Waals surface area contributed by atoms with Crippen LogP contribution < -0.4 is 0 Å². The molecule has 0 saturated heterocycles. The van der Waals surface area contributed by atoms with Crippen molar-refractivity contribution in [1.82, 2.24) is 4.57 Å². The van der Waals surface area contributed by atoms with Crippen LogP contribution in [0.15, 0.2) is 24.4 Å². The number of aliphatic hydroxyl groups excluding tert-OH is 1. The van der Waals surface area contributed by atoms with Gasteiger partial charge in [-0.15, -0.1) is 0 Å². The summed E-state index contributed by atoms with van der Waals surface area (Å²) in [5.41, 5.74) is 0.540. The first kappa shape index (κ1) is 13.0. The van der Waals surface area contributed by atoms with Gasteiger partial charge in [0.2, 0.25) is 0 Å². The number of nitrogens with zero attached hydrogens (tertiary/aromatic N) is 1. The summed E-state index contributed by atoms with van der Waals surface area (Å²) in [7, 11) is 0. The maximum atomic E-state index is 12.6. The fourth-order valence-corrected chi connectivity index (χ4v) is 2.05. The molecule has 0 spiro atoms. The Labute approximate surface area is 103 Å². The van der Waals surface area contributed by atoms with Crippen LogP contribution in [0.1, 0.15) is 31.0 Å². The lowest BCUT2D eigenvalue weighted by molar-refractivity contribution is -0.137. The van der Waals surface area contributed by atoms with Crippen molar-refractivity contribution < 1.29 is 18.3 Å². The number of hydrogen-bond donors (Lipinski definition) is 1. The molecule has 0 bridgehead atoms. The molecule has 0 fully saturated rings. The Hall–Kier alpha value is -1.49. The van der Waals surface area contributed by atoms with Crippen LogP contribution in [0.25, 0.3) is 10.9 Å². The van der Waals surface area contributed by atoms with Crippen molar-refractivity contribution in [3.63, 3.8) is 0 Å². The molecule has 0 radical (unpaired) electrons. The minimum atomic E-state index is -4.36. The van der Waals surface area contributed by atoms with Crippen LogP contribution in [0, 0.1) is 0 Å². The van der Waals surface area contributed by atoms with Gasteiger partial charge in [0.1, 0.15) is 0 Å². The Morgan fingerprint density at radius 2 is 1.94 bits per heavy atom. The molecule has 98 valence electrons. The van der Waals surface area contributed by atoms with Crippen LogP contribution in [-0.4, -0.2) is 9.67 Å². The minimum Gasteiger partial charge on any atom is -0.392 e. The summed E-state index contributed by atoms with van der Waals surface area (Å²) < 4.78 is 39.8.